The van der Waals surface area contributed by atoms with E-state index in [2.05, 4.69) is 9.72 Å². The van der Waals surface area contributed by atoms with Gasteiger partial charge in [-0.15, -0.1) is 0 Å². The van der Waals surface area contributed by atoms with Gasteiger partial charge in [0.05, 0.1) is 24.6 Å². The number of nitrogens with zero attached hydrogens (tertiary/aromatic N) is 2. The molecule has 0 saturated heterocycles. The largest absolute Gasteiger partial charge is 0.469 e. The quantitative estimate of drug-likeness (QED) is 0.660. The summed E-state index contributed by atoms with van der Waals surface area (Å²) in [4.78, 5) is 15.7. The smallest absolute Gasteiger partial charge is 0.307 e. The van der Waals surface area contributed by atoms with Crippen LogP contribution in [0.4, 0.5) is 5.69 Å². The summed E-state index contributed by atoms with van der Waals surface area (Å²) in [5.74, 6) is 0.744. The molecule has 0 fully saturated rings. The summed E-state index contributed by atoms with van der Waals surface area (Å²) >= 11 is 0. The van der Waals surface area contributed by atoms with Gasteiger partial charge in [0.15, 0.2) is 0 Å². The molecule has 5 heteroatoms. The van der Waals surface area contributed by atoms with Gasteiger partial charge in [0, 0.05) is 18.7 Å². The van der Waals surface area contributed by atoms with Gasteiger partial charge in [-0.3, -0.25) is 4.79 Å². The maximum absolute atomic E-state index is 11.2. The molecule has 18 heavy (non-hydrogen) atoms. The van der Waals surface area contributed by atoms with Crippen molar-refractivity contribution in [1.29, 1.82) is 0 Å². The lowest BCUT2D eigenvalue weighted by atomic mass is 10.3. The third kappa shape index (κ3) is 2.30. The first kappa shape index (κ1) is 12.4. The van der Waals surface area contributed by atoms with Crippen molar-refractivity contribution in [2.24, 2.45) is 0 Å². The highest BCUT2D eigenvalue weighted by Crippen LogP contribution is 2.19. The Hall–Kier alpha value is -2.04. The summed E-state index contributed by atoms with van der Waals surface area (Å²) in [5, 5.41) is 0. The van der Waals surface area contributed by atoms with Crippen molar-refractivity contribution in [1.82, 2.24) is 9.55 Å². The fourth-order valence-electron chi connectivity index (χ4n) is 2.02. The Labute approximate surface area is 106 Å². The second kappa shape index (κ2) is 5.08. The Morgan fingerprint density at radius 2 is 2.28 bits per heavy atom. The number of fused-ring (bicyclic) bond motifs is 1. The van der Waals surface area contributed by atoms with E-state index in [0.717, 1.165) is 23.3 Å². The highest BCUT2D eigenvalue weighted by molar-refractivity contribution is 5.80. The van der Waals surface area contributed by atoms with Crippen LogP contribution in [0.25, 0.3) is 11.0 Å². The van der Waals surface area contributed by atoms with E-state index in [9.17, 15) is 4.79 Å². The Kier molecular flexibility index (Phi) is 3.50. The van der Waals surface area contributed by atoms with Crippen LogP contribution in [0, 0.1) is 0 Å². The Morgan fingerprint density at radius 1 is 1.50 bits per heavy atom. The number of nitrogen functional groups attached to an aromatic ring is 1. The Bertz CT molecular complexity index is 575. The maximum Gasteiger partial charge on any atom is 0.307 e. The van der Waals surface area contributed by atoms with Gasteiger partial charge in [-0.1, -0.05) is 6.92 Å². The molecule has 1 aromatic heterocycles. The molecule has 1 heterocycles. The summed E-state index contributed by atoms with van der Waals surface area (Å²) in [6.45, 7) is 2.62. The predicted octanol–water partition coefficient (Wildman–Crippen LogP) is 1.74. The fraction of sp³-hybridized carbons (Fsp3) is 0.385. The topological polar surface area (TPSA) is 70.1 Å². The van der Waals surface area contributed by atoms with Crippen molar-refractivity contribution in [3.8, 4) is 0 Å². The molecular formula is C13H17N3O2. The normalized spacial score (nSPS) is 10.8. The van der Waals surface area contributed by atoms with Crippen molar-refractivity contribution < 1.29 is 9.53 Å². The molecule has 0 unspecified atom stereocenters. The number of carbonyl (C=O) groups is 1. The van der Waals surface area contributed by atoms with Crippen LogP contribution >= 0.6 is 0 Å². The third-order valence-electron chi connectivity index (χ3n) is 2.93. The average molecular weight is 247 g/mol. The molecule has 0 radical (unpaired) electrons. The Balaban J connectivity index is 2.37. The van der Waals surface area contributed by atoms with Gasteiger partial charge in [-0.25, -0.2) is 4.98 Å². The van der Waals surface area contributed by atoms with Gasteiger partial charge in [0.25, 0.3) is 0 Å². The van der Waals surface area contributed by atoms with Crippen molar-refractivity contribution >= 4 is 22.7 Å². The van der Waals surface area contributed by atoms with Crippen molar-refractivity contribution in [2.75, 3.05) is 12.8 Å². The number of ether oxygens (including phenoxy) is 1. The van der Waals surface area contributed by atoms with Gasteiger partial charge in [-0.2, -0.15) is 0 Å². The molecule has 0 aliphatic heterocycles. The SMILES string of the molecule is CCc1nc2cc(N)ccc2n1CCC(=O)OC. The molecule has 96 valence electrons. The zero-order chi connectivity index (χ0) is 13.1. The van der Waals surface area contributed by atoms with Crippen LogP contribution in [-0.2, 0) is 22.5 Å². The molecule has 0 atom stereocenters. The van der Waals surface area contributed by atoms with Crippen molar-refractivity contribution in [3.63, 3.8) is 0 Å². The van der Waals surface area contributed by atoms with Gasteiger partial charge in [0.2, 0.25) is 0 Å². The number of esters is 1. The lowest BCUT2D eigenvalue weighted by Gasteiger charge is -2.07. The van der Waals surface area contributed by atoms with E-state index in [4.69, 9.17) is 5.73 Å². The number of carbonyl (C=O) groups excluding carboxylic acids is 1. The number of rotatable bonds is 4. The van der Waals surface area contributed by atoms with Crippen LogP contribution in [0.3, 0.4) is 0 Å². The monoisotopic (exact) mass is 247 g/mol. The molecular weight excluding hydrogens is 230 g/mol. The van der Waals surface area contributed by atoms with Crippen molar-refractivity contribution in [3.05, 3.63) is 24.0 Å². The van der Waals surface area contributed by atoms with Gasteiger partial charge in [0.1, 0.15) is 5.82 Å². The molecule has 0 bridgehead atoms. The minimum Gasteiger partial charge on any atom is -0.469 e. The molecule has 0 aliphatic carbocycles. The number of aromatic nitrogens is 2. The zero-order valence-corrected chi connectivity index (χ0v) is 10.6. The first-order valence-electron chi connectivity index (χ1n) is 5.97. The number of methoxy groups -OCH3 is 1. The second-order valence-corrected chi connectivity index (χ2v) is 4.11. The van der Waals surface area contributed by atoms with Gasteiger partial charge >= 0.3 is 5.97 Å². The van der Waals surface area contributed by atoms with E-state index in [-0.39, 0.29) is 5.97 Å². The Morgan fingerprint density at radius 3 is 2.94 bits per heavy atom. The summed E-state index contributed by atoms with van der Waals surface area (Å²) in [5.41, 5.74) is 8.32. The molecule has 0 saturated carbocycles. The summed E-state index contributed by atoms with van der Waals surface area (Å²) in [7, 11) is 1.40. The number of imidazole rings is 1. The molecule has 5 nitrogen and oxygen atoms in total. The highest BCUT2D eigenvalue weighted by Gasteiger charge is 2.11. The minimum absolute atomic E-state index is 0.214. The molecule has 0 spiro atoms. The summed E-state index contributed by atoms with van der Waals surface area (Å²) in [6.07, 6.45) is 1.16. The predicted molar refractivity (Wildman–Crippen MR) is 70.2 cm³/mol. The first-order valence-corrected chi connectivity index (χ1v) is 5.97. The standard InChI is InChI=1S/C13H17N3O2/c1-3-12-15-10-8-9(14)4-5-11(10)16(12)7-6-13(17)18-2/h4-5,8H,3,6-7,14H2,1-2H3. The van der Waals surface area contributed by atoms with Crippen molar-refractivity contribution in [2.45, 2.75) is 26.3 Å². The summed E-state index contributed by atoms with van der Waals surface area (Å²) < 4.78 is 6.71. The van der Waals surface area contributed by atoms with Crippen LogP contribution in [-0.4, -0.2) is 22.6 Å². The van der Waals surface area contributed by atoms with Crippen LogP contribution in [0.15, 0.2) is 18.2 Å². The molecule has 2 N–H and O–H groups in total. The molecule has 1 aromatic carbocycles. The molecule has 0 amide bonds. The molecule has 2 rings (SSSR count). The van der Waals surface area contributed by atoms with E-state index in [1.165, 1.54) is 7.11 Å². The van der Waals surface area contributed by atoms with E-state index in [1.54, 1.807) is 0 Å². The van der Waals surface area contributed by atoms with E-state index >= 15 is 0 Å². The molecule has 2 aromatic rings. The summed E-state index contributed by atoms with van der Waals surface area (Å²) in [6, 6.07) is 5.63. The lowest BCUT2D eigenvalue weighted by Crippen LogP contribution is -2.09. The minimum atomic E-state index is -0.214. The van der Waals surface area contributed by atoms with Gasteiger partial charge in [-0.05, 0) is 18.2 Å². The van der Waals surface area contributed by atoms with Crippen LogP contribution in [0.5, 0.6) is 0 Å². The van der Waals surface area contributed by atoms with Crippen LogP contribution < -0.4 is 5.73 Å². The number of benzene rings is 1. The first-order chi connectivity index (χ1) is 8.65. The van der Waals surface area contributed by atoms with E-state index in [0.29, 0.717) is 18.7 Å². The third-order valence-corrected chi connectivity index (χ3v) is 2.93. The zero-order valence-electron chi connectivity index (χ0n) is 10.6. The van der Waals surface area contributed by atoms with Crippen LogP contribution in [0.1, 0.15) is 19.2 Å². The highest BCUT2D eigenvalue weighted by atomic mass is 16.5. The average Bonchev–Trinajstić information content (AvgIpc) is 2.72. The second-order valence-electron chi connectivity index (χ2n) is 4.11. The van der Waals surface area contributed by atoms with Gasteiger partial charge < -0.3 is 15.0 Å². The number of hydrogen-bond donors (Lipinski definition) is 1. The number of hydrogen-bond acceptors (Lipinski definition) is 4. The molecule has 0 aliphatic rings. The number of anilines is 1. The number of nitrogens with two attached hydrogens (primary N) is 1. The van der Waals surface area contributed by atoms with E-state index < -0.39 is 0 Å². The van der Waals surface area contributed by atoms with Crippen LogP contribution in [0.2, 0.25) is 0 Å². The fourth-order valence-corrected chi connectivity index (χ4v) is 2.02. The van der Waals surface area contributed by atoms with E-state index in [1.807, 2.05) is 29.7 Å². The number of aryl methyl sites for hydroxylation is 2. The maximum atomic E-state index is 11.2. The lowest BCUT2D eigenvalue weighted by molar-refractivity contribution is -0.140.